The van der Waals surface area contributed by atoms with Crippen LogP contribution in [0.5, 0.6) is 0 Å². The van der Waals surface area contributed by atoms with E-state index in [1.54, 1.807) is 12.1 Å². The summed E-state index contributed by atoms with van der Waals surface area (Å²) in [6.07, 6.45) is 0. The van der Waals surface area contributed by atoms with Crippen LogP contribution in [0, 0.1) is 13.8 Å². The van der Waals surface area contributed by atoms with Crippen molar-refractivity contribution in [2.24, 2.45) is 12.2 Å². The van der Waals surface area contributed by atoms with Gasteiger partial charge in [-0.1, -0.05) is 25.6 Å². The Bertz CT molecular complexity index is 1190. The van der Waals surface area contributed by atoms with E-state index in [1.165, 1.54) is 23.9 Å². The molecular weight excluding hydrogens is 422 g/mol. The average molecular weight is 448 g/mol. The third-order valence-corrected chi connectivity index (χ3v) is 6.82. The van der Waals surface area contributed by atoms with Crippen molar-refractivity contribution in [2.45, 2.75) is 43.7 Å². The average Bonchev–Trinajstić information content (AvgIpc) is 3.18. The molecule has 0 aliphatic carbocycles. The van der Waals surface area contributed by atoms with Crippen LogP contribution < -0.4 is 5.14 Å². The van der Waals surface area contributed by atoms with Crippen LogP contribution in [-0.4, -0.2) is 39.3 Å². The van der Waals surface area contributed by atoms with Crippen LogP contribution in [0.25, 0.3) is 5.69 Å². The highest BCUT2D eigenvalue weighted by Gasteiger charge is 2.19. The standard InChI is InChI=1S/C20H25N5O3S2/c1-12(2)19-22-23-20(24(19)5)29-11-18(26)17-10-13(3)25(14(17)4)15-6-8-16(9-7-15)30(21,27)28/h6-10,12H,11H2,1-5H3,(H2,21,27,28). The Labute approximate surface area is 180 Å². The summed E-state index contributed by atoms with van der Waals surface area (Å²) in [6.45, 7) is 7.88. The highest BCUT2D eigenvalue weighted by atomic mass is 32.2. The molecule has 8 nitrogen and oxygen atoms in total. The quantitative estimate of drug-likeness (QED) is 0.440. The second-order valence-corrected chi connectivity index (χ2v) is 9.93. The van der Waals surface area contributed by atoms with Crippen molar-refractivity contribution >= 4 is 27.6 Å². The zero-order valence-corrected chi connectivity index (χ0v) is 19.2. The van der Waals surface area contributed by atoms with E-state index in [2.05, 4.69) is 10.2 Å². The lowest BCUT2D eigenvalue weighted by atomic mass is 10.2. The third-order valence-electron chi connectivity index (χ3n) is 4.87. The number of nitrogens with zero attached hydrogens (tertiary/aromatic N) is 4. The molecule has 0 aliphatic heterocycles. The van der Waals surface area contributed by atoms with Gasteiger partial charge in [0.1, 0.15) is 5.82 Å². The van der Waals surface area contributed by atoms with Crippen molar-refractivity contribution in [1.29, 1.82) is 0 Å². The predicted molar refractivity (Wildman–Crippen MR) is 117 cm³/mol. The van der Waals surface area contributed by atoms with E-state index < -0.39 is 10.0 Å². The van der Waals surface area contributed by atoms with Crippen molar-refractivity contribution in [3.05, 3.63) is 53.1 Å². The fraction of sp³-hybridized carbons (Fsp3) is 0.350. The molecule has 0 radical (unpaired) electrons. The number of thioether (sulfide) groups is 1. The molecule has 3 rings (SSSR count). The number of benzene rings is 1. The van der Waals surface area contributed by atoms with Crippen molar-refractivity contribution in [1.82, 2.24) is 19.3 Å². The first-order valence-electron chi connectivity index (χ1n) is 9.38. The van der Waals surface area contributed by atoms with Crippen molar-refractivity contribution in [2.75, 3.05) is 5.75 Å². The van der Waals surface area contributed by atoms with E-state index >= 15 is 0 Å². The van der Waals surface area contributed by atoms with E-state index in [1.807, 2.05) is 49.9 Å². The Morgan fingerprint density at radius 1 is 1.17 bits per heavy atom. The Balaban J connectivity index is 1.82. The number of primary sulfonamides is 1. The fourth-order valence-corrected chi connectivity index (χ4v) is 4.71. The van der Waals surface area contributed by atoms with Gasteiger partial charge in [-0.25, -0.2) is 13.6 Å². The Morgan fingerprint density at radius 3 is 2.33 bits per heavy atom. The Kier molecular flexibility index (Phi) is 6.21. The summed E-state index contributed by atoms with van der Waals surface area (Å²) in [5, 5.41) is 14.2. The summed E-state index contributed by atoms with van der Waals surface area (Å²) >= 11 is 1.36. The van der Waals surface area contributed by atoms with Crippen LogP contribution in [0.4, 0.5) is 0 Å². The first kappa shape index (κ1) is 22.3. The molecule has 160 valence electrons. The van der Waals surface area contributed by atoms with Gasteiger partial charge in [0.15, 0.2) is 10.9 Å². The molecule has 0 fully saturated rings. The number of nitrogens with two attached hydrogens (primary N) is 1. The number of aromatic nitrogens is 4. The summed E-state index contributed by atoms with van der Waals surface area (Å²) in [6, 6.07) is 8.12. The molecule has 0 saturated heterocycles. The van der Waals surface area contributed by atoms with Gasteiger partial charge in [-0.15, -0.1) is 10.2 Å². The minimum atomic E-state index is -3.75. The van der Waals surface area contributed by atoms with Crippen LogP contribution in [-0.2, 0) is 17.1 Å². The van der Waals surface area contributed by atoms with E-state index in [-0.39, 0.29) is 22.3 Å². The minimum absolute atomic E-state index is 0.00500. The second kappa shape index (κ2) is 8.37. The first-order valence-corrected chi connectivity index (χ1v) is 11.9. The molecule has 0 bridgehead atoms. The summed E-state index contributed by atoms with van der Waals surface area (Å²) in [7, 11) is -1.85. The van der Waals surface area contributed by atoms with Crippen LogP contribution >= 0.6 is 11.8 Å². The summed E-state index contributed by atoms with van der Waals surface area (Å²) < 4.78 is 26.8. The van der Waals surface area contributed by atoms with Crippen LogP contribution in [0.2, 0.25) is 0 Å². The lowest BCUT2D eigenvalue weighted by Gasteiger charge is -2.10. The van der Waals surface area contributed by atoms with Crippen LogP contribution in [0.1, 0.15) is 47.3 Å². The topological polar surface area (TPSA) is 113 Å². The number of rotatable bonds is 7. The van der Waals surface area contributed by atoms with Gasteiger partial charge in [0, 0.05) is 35.6 Å². The molecule has 0 amide bonds. The highest BCUT2D eigenvalue weighted by Crippen LogP contribution is 2.25. The molecule has 0 spiro atoms. The molecule has 1 aromatic carbocycles. The number of aryl methyl sites for hydroxylation is 1. The van der Waals surface area contributed by atoms with Gasteiger partial charge >= 0.3 is 0 Å². The number of carbonyl (C=O) groups is 1. The molecule has 2 N–H and O–H groups in total. The van der Waals surface area contributed by atoms with Crippen molar-refractivity contribution in [3.8, 4) is 5.69 Å². The number of sulfonamides is 1. The minimum Gasteiger partial charge on any atom is -0.318 e. The van der Waals surface area contributed by atoms with Crippen LogP contribution in [0.15, 0.2) is 40.4 Å². The monoisotopic (exact) mass is 447 g/mol. The smallest absolute Gasteiger partial charge is 0.238 e. The highest BCUT2D eigenvalue weighted by molar-refractivity contribution is 7.99. The molecule has 0 unspecified atom stereocenters. The molecule has 10 heteroatoms. The summed E-state index contributed by atoms with van der Waals surface area (Å²) in [5.74, 6) is 1.38. The van der Waals surface area contributed by atoms with E-state index in [4.69, 9.17) is 5.14 Å². The van der Waals surface area contributed by atoms with Gasteiger partial charge in [0.25, 0.3) is 0 Å². The fourth-order valence-electron chi connectivity index (χ4n) is 3.39. The molecule has 0 atom stereocenters. The van der Waals surface area contributed by atoms with E-state index in [9.17, 15) is 13.2 Å². The number of hydrogen-bond donors (Lipinski definition) is 1. The molecule has 30 heavy (non-hydrogen) atoms. The number of carbonyl (C=O) groups excluding carboxylic acids is 1. The van der Waals surface area contributed by atoms with Gasteiger partial charge in [-0.05, 0) is 44.2 Å². The molecule has 2 aromatic heterocycles. The summed E-state index contributed by atoms with van der Waals surface area (Å²) in [4.78, 5) is 12.9. The van der Waals surface area contributed by atoms with Crippen LogP contribution in [0.3, 0.4) is 0 Å². The number of ketones is 1. The van der Waals surface area contributed by atoms with Gasteiger partial charge < -0.3 is 9.13 Å². The maximum atomic E-state index is 12.9. The van der Waals surface area contributed by atoms with Gasteiger partial charge in [-0.2, -0.15) is 0 Å². The Hall–Kier alpha value is -2.43. The first-order chi connectivity index (χ1) is 14.0. The van der Waals surface area contributed by atoms with Gasteiger partial charge in [0.2, 0.25) is 10.0 Å². The molecule has 2 heterocycles. The molecule has 0 saturated carbocycles. The lowest BCUT2D eigenvalue weighted by Crippen LogP contribution is -2.12. The zero-order valence-electron chi connectivity index (χ0n) is 17.6. The SMILES string of the molecule is Cc1cc(C(=O)CSc2nnc(C(C)C)n2C)c(C)n1-c1ccc(S(N)(=O)=O)cc1. The molecule has 0 aliphatic rings. The van der Waals surface area contributed by atoms with Crippen molar-refractivity contribution < 1.29 is 13.2 Å². The molecular formula is C20H25N5O3S2. The predicted octanol–water partition coefficient (Wildman–Crippen LogP) is 2.97. The van der Waals surface area contributed by atoms with E-state index in [0.717, 1.165) is 22.9 Å². The maximum Gasteiger partial charge on any atom is 0.238 e. The number of hydrogen-bond acceptors (Lipinski definition) is 6. The third kappa shape index (κ3) is 4.35. The second-order valence-electron chi connectivity index (χ2n) is 7.43. The number of Topliss-reactive ketones (excluding diaryl/α,β-unsaturated/α-hetero) is 1. The maximum absolute atomic E-state index is 12.9. The summed E-state index contributed by atoms with van der Waals surface area (Å²) in [5.41, 5.74) is 3.06. The zero-order chi connectivity index (χ0) is 22.2. The van der Waals surface area contributed by atoms with Gasteiger partial charge in [0.05, 0.1) is 10.6 Å². The van der Waals surface area contributed by atoms with Gasteiger partial charge in [-0.3, -0.25) is 4.79 Å². The largest absolute Gasteiger partial charge is 0.318 e. The van der Waals surface area contributed by atoms with E-state index in [0.29, 0.717) is 10.7 Å². The Morgan fingerprint density at radius 2 is 1.80 bits per heavy atom. The van der Waals surface area contributed by atoms with Crippen molar-refractivity contribution in [3.63, 3.8) is 0 Å². The molecule has 3 aromatic rings. The lowest BCUT2D eigenvalue weighted by molar-refractivity contribution is 0.102. The normalized spacial score (nSPS) is 12.0.